The van der Waals surface area contributed by atoms with Crippen molar-refractivity contribution < 1.29 is 13.2 Å². The molecule has 2 aromatic rings. The highest BCUT2D eigenvalue weighted by Crippen LogP contribution is 2.25. The maximum Gasteiger partial charge on any atom is 0.264 e. The first-order chi connectivity index (χ1) is 13.4. The van der Waals surface area contributed by atoms with Gasteiger partial charge in [-0.25, -0.2) is 13.8 Å². The summed E-state index contributed by atoms with van der Waals surface area (Å²) in [4.78, 5) is 12.6. The van der Waals surface area contributed by atoms with Gasteiger partial charge >= 0.3 is 0 Å². The zero-order valence-corrected chi connectivity index (χ0v) is 17.0. The normalized spacial score (nSPS) is 14.0. The van der Waals surface area contributed by atoms with Crippen molar-refractivity contribution in [1.82, 2.24) is 5.43 Å². The first-order valence-electron chi connectivity index (χ1n) is 9.36. The number of hydrogen-bond acceptors (Lipinski definition) is 4. The summed E-state index contributed by atoms with van der Waals surface area (Å²) in [6, 6.07) is 13.6. The van der Waals surface area contributed by atoms with Gasteiger partial charge in [0.1, 0.15) is 6.54 Å². The van der Waals surface area contributed by atoms with Gasteiger partial charge in [-0.15, -0.1) is 0 Å². The van der Waals surface area contributed by atoms with E-state index in [4.69, 9.17) is 0 Å². The number of aryl methyl sites for hydroxylation is 2. The second-order valence-corrected chi connectivity index (χ2v) is 8.95. The molecule has 0 heterocycles. The van der Waals surface area contributed by atoms with Crippen molar-refractivity contribution in [2.45, 2.75) is 44.4 Å². The SMILES string of the molecule is Cc1cc(C)cc(N(CC(=O)NN=C2CCCC2)S(=O)(=O)c2ccccc2)c1. The Labute approximate surface area is 166 Å². The summed E-state index contributed by atoms with van der Waals surface area (Å²) in [5.74, 6) is -0.460. The fraction of sp³-hybridized carbons (Fsp3) is 0.333. The monoisotopic (exact) mass is 399 g/mol. The topological polar surface area (TPSA) is 78.8 Å². The van der Waals surface area contributed by atoms with E-state index in [2.05, 4.69) is 10.5 Å². The minimum Gasteiger partial charge on any atom is -0.271 e. The Balaban J connectivity index is 1.92. The van der Waals surface area contributed by atoms with Gasteiger partial charge in [0, 0.05) is 5.71 Å². The summed E-state index contributed by atoms with van der Waals surface area (Å²) in [7, 11) is -3.90. The lowest BCUT2D eigenvalue weighted by atomic mass is 10.1. The Morgan fingerprint density at radius 2 is 1.64 bits per heavy atom. The van der Waals surface area contributed by atoms with Gasteiger partial charge in [0.05, 0.1) is 10.6 Å². The molecule has 0 atom stereocenters. The average Bonchev–Trinajstić information content (AvgIpc) is 3.18. The van der Waals surface area contributed by atoms with Crippen molar-refractivity contribution in [2.24, 2.45) is 5.10 Å². The van der Waals surface area contributed by atoms with Crippen LogP contribution in [-0.4, -0.2) is 26.6 Å². The van der Waals surface area contributed by atoms with Gasteiger partial charge in [0.25, 0.3) is 15.9 Å². The van der Waals surface area contributed by atoms with Crippen LogP contribution in [0.5, 0.6) is 0 Å². The maximum atomic E-state index is 13.3. The van der Waals surface area contributed by atoms with Gasteiger partial charge in [0.15, 0.2) is 0 Å². The lowest BCUT2D eigenvalue weighted by molar-refractivity contribution is -0.119. The summed E-state index contributed by atoms with van der Waals surface area (Å²) >= 11 is 0. The van der Waals surface area contributed by atoms with Gasteiger partial charge in [-0.1, -0.05) is 24.3 Å². The fourth-order valence-corrected chi connectivity index (χ4v) is 4.76. The molecule has 6 nitrogen and oxygen atoms in total. The molecular weight excluding hydrogens is 374 g/mol. The third-order valence-electron chi connectivity index (χ3n) is 4.63. The average molecular weight is 400 g/mol. The van der Waals surface area contributed by atoms with Crippen LogP contribution in [0.2, 0.25) is 0 Å². The number of rotatable bonds is 6. The standard InChI is InChI=1S/C21H25N3O3S/c1-16-12-17(2)14-19(13-16)24(28(26,27)20-10-4-3-5-11-20)15-21(25)23-22-18-8-6-7-9-18/h3-5,10-14H,6-9,15H2,1-2H3,(H,23,25). The van der Waals surface area contributed by atoms with Crippen LogP contribution >= 0.6 is 0 Å². The summed E-state index contributed by atoms with van der Waals surface area (Å²) in [5, 5.41) is 4.16. The van der Waals surface area contributed by atoms with Crippen LogP contribution in [0.15, 0.2) is 58.5 Å². The predicted octanol–water partition coefficient (Wildman–Crippen LogP) is 3.54. The molecule has 1 aliphatic carbocycles. The molecule has 0 saturated heterocycles. The van der Waals surface area contributed by atoms with Gasteiger partial charge in [0.2, 0.25) is 0 Å². The van der Waals surface area contributed by atoms with Gasteiger partial charge in [-0.3, -0.25) is 9.10 Å². The van der Waals surface area contributed by atoms with Crippen LogP contribution in [0, 0.1) is 13.8 Å². The first kappa shape index (κ1) is 20.1. The molecule has 1 aliphatic rings. The van der Waals surface area contributed by atoms with Gasteiger partial charge in [-0.05, 0) is 74.9 Å². The number of nitrogens with one attached hydrogen (secondary N) is 1. The van der Waals surface area contributed by atoms with Gasteiger partial charge in [-0.2, -0.15) is 5.10 Å². The zero-order valence-electron chi connectivity index (χ0n) is 16.2. The quantitative estimate of drug-likeness (QED) is 0.755. The number of benzene rings is 2. The van der Waals surface area contributed by atoms with Crippen molar-refractivity contribution in [3.8, 4) is 0 Å². The number of carbonyl (C=O) groups excluding carboxylic acids is 1. The van der Waals surface area contributed by atoms with Crippen LogP contribution in [0.4, 0.5) is 5.69 Å². The molecule has 28 heavy (non-hydrogen) atoms. The Morgan fingerprint density at radius 1 is 1.04 bits per heavy atom. The molecular formula is C21H25N3O3S. The minimum absolute atomic E-state index is 0.143. The molecule has 0 spiro atoms. The Morgan fingerprint density at radius 3 is 2.25 bits per heavy atom. The third-order valence-corrected chi connectivity index (χ3v) is 6.42. The first-order valence-corrected chi connectivity index (χ1v) is 10.8. The van der Waals surface area contributed by atoms with Crippen LogP contribution in [0.3, 0.4) is 0 Å². The Bertz CT molecular complexity index is 957. The van der Waals surface area contributed by atoms with Crippen LogP contribution in [-0.2, 0) is 14.8 Å². The highest BCUT2D eigenvalue weighted by Gasteiger charge is 2.27. The molecule has 1 N–H and O–H groups in total. The molecule has 0 unspecified atom stereocenters. The van der Waals surface area contributed by atoms with E-state index in [1.807, 2.05) is 19.9 Å². The number of carbonyl (C=O) groups is 1. The van der Waals surface area contributed by atoms with Crippen LogP contribution in [0.1, 0.15) is 36.8 Å². The lowest BCUT2D eigenvalue weighted by Gasteiger charge is -2.24. The molecule has 0 bridgehead atoms. The van der Waals surface area contributed by atoms with Crippen molar-refractivity contribution in [1.29, 1.82) is 0 Å². The largest absolute Gasteiger partial charge is 0.271 e. The molecule has 148 valence electrons. The maximum absolute atomic E-state index is 13.3. The van der Waals surface area contributed by atoms with E-state index in [0.717, 1.165) is 46.8 Å². The van der Waals surface area contributed by atoms with E-state index in [1.165, 1.54) is 12.1 Å². The fourth-order valence-electron chi connectivity index (χ4n) is 3.33. The number of anilines is 1. The molecule has 2 aromatic carbocycles. The highest BCUT2D eigenvalue weighted by atomic mass is 32.2. The van der Waals surface area contributed by atoms with E-state index in [-0.39, 0.29) is 11.4 Å². The van der Waals surface area contributed by atoms with E-state index >= 15 is 0 Å². The van der Waals surface area contributed by atoms with E-state index in [9.17, 15) is 13.2 Å². The number of hydrogen-bond donors (Lipinski definition) is 1. The molecule has 1 fully saturated rings. The van der Waals surface area contributed by atoms with Crippen molar-refractivity contribution in [2.75, 3.05) is 10.8 Å². The summed E-state index contributed by atoms with van der Waals surface area (Å²) in [6.07, 6.45) is 3.91. The smallest absolute Gasteiger partial charge is 0.264 e. The second-order valence-electron chi connectivity index (χ2n) is 7.09. The predicted molar refractivity (Wildman–Crippen MR) is 111 cm³/mol. The van der Waals surface area contributed by atoms with Crippen molar-refractivity contribution >= 4 is 27.3 Å². The molecule has 7 heteroatoms. The third kappa shape index (κ3) is 4.78. The summed E-state index contributed by atoms with van der Waals surface area (Å²) in [6.45, 7) is 3.46. The summed E-state index contributed by atoms with van der Waals surface area (Å²) in [5.41, 5.74) is 5.79. The van der Waals surface area contributed by atoms with E-state index in [1.54, 1.807) is 30.3 Å². The number of hydrazone groups is 1. The van der Waals surface area contributed by atoms with Crippen LogP contribution < -0.4 is 9.73 Å². The Kier molecular flexibility index (Phi) is 6.14. The van der Waals surface area contributed by atoms with Crippen molar-refractivity contribution in [3.63, 3.8) is 0 Å². The molecule has 0 aliphatic heterocycles. The van der Waals surface area contributed by atoms with E-state index < -0.39 is 15.9 Å². The number of sulfonamides is 1. The minimum atomic E-state index is -3.90. The highest BCUT2D eigenvalue weighted by molar-refractivity contribution is 7.92. The Hall–Kier alpha value is -2.67. The number of amides is 1. The van der Waals surface area contributed by atoms with Crippen LogP contribution in [0.25, 0.3) is 0 Å². The molecule has 1 saturated carbocycles. The molecule has 3 rings (SSSR count). The van der Waals surface area contributed by atoms with Crippen molar-refractivity contribution in [3.05, 3.63) is 59.7 Å². The summed E-state index contributed by atoms with van der Waals surface area (Å²) < 4.78 is 27.7. The zero-order chi connectivity index (χ0) is 20.1. The second kappa shape index (κ2) is 8.56. The lowest BCUT2D eigenvalue weighted by Crippen LogP contribution is -2.39. The number of nitrogens with zero attached hydrogens (tertiary/aromatic N) is 2. The molecule has 0 radical (unpaired) electrons. The molecule has 1 amide bonds. The van der Waals surface area contributed by atoms with E-state index in [0.29, 0.717) is 5.69 Å². The molecule has 0 aromatic heterocycles. The van der Waals surface area contributed by atoms with Gasteiger partial charge < -0.3 is 0 Å².